The standard InChI is InChI=1S/C26H34N2O/c1-20-18-26(13-12-25(20)19-29)28-16-14-27(15-17-28)21(2)22-8-10-24(11-9-22)23-6-4-3-5-7-23/h8-13,18-19,21,23H,3-7,14-17H2,1-2H3/p+1/t21-/m0/s1. The number of carbonyl (C=O) groups excluding carboxylic acids is 1. The number of aryl methyl sites for hydroxylation is 1. The van der Waals surface area contributed by atoms with Crippen molar-refractivity contribution in [1.82, 2.24) is 0 Å². The lowest BCUT2D eigenvalue weighted by Crippen LogP contribution is -3.14. The normalized spacial score (nSPS) is 19.9. The Bertz CT molecular complexity index is 815. The van der Waals surface area contributed by atoms with Crippen LogP contribution in [0.1, 0.15) is 78.0 Å². The van der Waals surface area contributed by atoms with Crippen molar-refractivity contribution >= 4 is 12.0 Å². The summed E-state index contributed by atoms with van der Waals surface area (Å²) in [5.74, 6) is 0.790. The van der Waals surface area contributed by atoms with Gasteiger partial charge in [0.05, 0.1) is 26.2 Å². The molecule has 0 bridgehead atoms. The monoisotopic (exact) mass is 391 g/mol. The van der Waals surface area contributed by atoms with E-state index in [1.54, 1.807) is 10.5 Å². The fourth-order valence-electron chi connectivity index (χ4n) is 5.20. The van der Waals surface area contributed by atoms with Crippen LogP contribution in [0.5, 0.6) is 0 Å². The van der Waals surface area contributed by atoms with Gasteiger partial charge in [-0.1, -0.05) is 43.5 Å². The van der Waals surface area contributed by atoms with Gasteiger partial charge in [0.15, 0.2) is 0 Å². The number of nitrogens with one attached hydrogen (secondary N) is 1. The molecule has 1 saturated carbocycles. The van der Waals surface area contributed by atoms with Crippen molar-refractivity contribution in [3.05, 3.63) is 64.7 Å². The van der Waals surface area contributed by atoms with Crippen molar-refractivity contribution < 1.29 is 9.69 Å². The van der Waals surface area contributed by atoms with Crippen molar-refractivity contribution in [2.75, 3.05) is 31.1 Å². The largest absolute Gasteiger partial charge is 0.360 e. The second-order valence-electron chi connectivity index (χ2n) is 9.03. The number of anilines is 1. The Balaban J connectivity index is 1.35. The van der Waals surface area contributed by atoms with E-state index in [1.807, 2.05) is 13.0 Å². The number of quaternary nitrogens is 1. The number of rotatable bonds is 5. The molecule has 0 amide bonds. The number of nitrogens with zero attached hydrogens (tertiary/aromatic N) is 1. The number of hydrogen-bond acceptors (Lipinski definition) is 2. The molecule has 1 atom stereocenters. The van der Waals surface area contributed by atoms with Gasteiger partial charge in [0.1, 0.15) is 12.3 Å². The third-order valence-corrected chi connectivity index (χ3v) is 7.28. The molecule has 0 unspecified atom stereocenters. The molecule has 3 heteroatoms. The van der Waals surface area contributed by atoms with E-state index in [1.165, 1.54) is 43.4 Å². The average Bonchev–Trinajstić information content (AvgIpc) is 2.79. The molecule has 2 aromatic rings. The quantitative estimate of drug-likeness (QED) is 0.768. The molecule has 1 heterocycles. The average molecular weight is 392 g/mol. The molecular formula is C26H35N2O+. The third-order valence-electron chi connectivity index (χ3n) is 7.28. The predicted molar refractivity (Wildman–Crippen MR) is 120 cm³/mol. The first-order valence-electron chi connectivity index (χ1n) is 11.4. The first kappa shape index (κ1) is 20.2. The molecule has 0 spiro atoms. The zero-order valence-corrected chi connectivity index (χ0v) is 18.0. The molecule has 1 aliphatic carbocycles. The topological polar surface area (TPSA) is 24.8 Å². The van der Waals surface area contributed by atoms with Crippen LogP contribution in [0.2, 0.25) is 0 Å². The van der Waals surface area contributed by atoms with Crippen LogP contribution in [-0.4, -0.2) is 32.5 Å². The Morgan fingerprint density at radius 2 is 1.69 bits per heavy atom. The molecular weight excluding hydrogens is 356 g/mol. The van der Waals surface area contributed by atoms with Gasteiger partial charge in [-0.15, -0.1) is 0 Å². The highest BCUT2D eigenvalue weighted by Crippen LogP contribution is 2.32. The number of aldehydes is 1. The highest BCUT2D eigenvalue weighted by atomic mass is 16.1. The number of benzene rings is 2. The maximum absolute atomic E-state index is 11.1. The lowest BCUT2D eigenvalue weighted by molar-refractivity contribution is -0.930. The van der Waals surface area contributed by atoms with Crippen LogP contribution < -0.4 is 9.80 Å². The fourth-order valence-corrected chi connectivity index (χ4v) is 5.20. The highest BCUT2D eigenvalue weighted by Gasteiger charge is 2.26. The van der Waals surface area contributed by atoms with Gasteiger partial charge in [-0.2, -0.15) is 0 Å². The van der Waals surface area contributed by atoms with Crippen molar-refractivity contribution in [3.63, 3.8) is 0 Å². The van der Waals surface area contributed by atoms with Crippen molar-refractivity contribution in [2.45, 2.75) is 57.9 Å². The molecule has 1 saturated heterocycles. The van der Waals surface area contributed by atoms with Crippen LogP contribution in [-0.2, 0) is 0 Å². The minimum absolute atomic E-state index is 0.539. The minimum atomic E-state index is 0.539. The van der Waals surface area contributed by atoms with E-state index in [0.717, 1.165) is 49.5 Å². The summed E-state index contributed by atoms with van der Waals surface area (Å²) in [6.45, 7) is 8.84. The molecule has 4 rings (SSSR count). The molecule has 2 fully saturated rings. The Kier molecular flexibility index (Phi) is 6.34. The maximum atomic E-state index is 11.1. The van der Waals surface area contributed by atoms with E-state index < -0.39 is 0 Å². The summed E-state index contributed by atoms with van der Waals surface area (Å²) in [7, 11) is 0. The van der Waals surface area contributed by atoms with Gasteiger partial charge in [-0.25, -0.2) is 0 Å². The Hall–Kier alpha value is -2.13. The second kappa shape index (κ2) is 9.13. The van der Waals surface area contributed by atoms with E-state index in [9.17, 15) is 4.79 Å². The summed E-state index contributed by atoms with van der Waals surface area (Å²) in [6.07, 6.45) is 7.90. The van der Waals surface area contributed by atoms with E-state index in [-0.39, 0.29) is 0 Å². The van der Waals surface area contributed by atoms with Gasteiger partial charge in [0, 0.05) is 16.8 Å². The summed E-state index contributed by atoms with van der Waals surface area (Å²) < 4.78 is 0. The Morgan fingerprint density at radius 3 is 2.31 bits per heavy atom. The van der Waals surface area contributed by atoms with Crippen LogP contribution >= 0.6 is 0 Å². The zero-order chi connectivity index (χ0) is 20.2. The van der Waals surface area contributed by atoms with Crippen LogP contribution in [0.15, 0.2) is 42.5 Å². The molecule has 2 aliphatic rings. The number of hydrogen-bond donors (Lipinski definition) is 1. The van der Waals surface area contributed by atoms with Crippen LogP contribution in [0.4, 0.5) is 5.69 Å². The predicted octanol–water partition coefficient (Wildman–Crippen LogP) is 4.32. The molecule has 1 N–H and O–H groups in total. The molecule has 29 heavy (non-hydrogen) atoms. The molecule has 154 valence electrons. The van der Waals surface area contributed by atoms with E-state index in [4.69, 9.17) is 0 Å². The lowest BCUT2D eigenvalue weighted by atomic mass is 9.83. The molecule has 0 aromatic heterocycles. The maximum Gasteiger partial charge on any atom is 0.150 e. The first-order chi connectivity index (χ1) is 14.2. The summed E-state index contributed by atoms with van der Waals surface area (Å²) >= 11 is 0. The SMILES string of the molecule is Cc1cc(N2CC[NH+]([C@@H](C)c3ccc(C4CCCCC4)cc3)CC2)ccc1C=O. The second-order valence-corrected chi connectivity index (χ2v) is 9.03. The van der Waals surface area contributed by atoms with Crippen molar-refractivity contribution in [3.8, 4) is 0 Å². The lowest BCUT2D eigenvalue weighted by Gasteiger charge is -2.37. The summed E-state index contributed by atoms with van der Waals surface area (Å²) in [4.78, 5) is 15.2. The molecule has 3 nitrogen and oxygen atoms in total. The minimum Gasteiger partial charge on any atom is -0.360 e. The number of carbonyl (C=O) groups is 1. The van der Waals surface area contributed by atoms with Gasteiger partial charge < -0.3 is 9.80 Å². The van der Waals surface area contributed by atoms with Gasteiger partial charge in [-0.3, -0.25) is 4.79 Å². The van der Waals surface area contributed by atoms with Gasteiger partial charge in [0.25, 0.3) is 0 Å². The van der Waals surface area contributed by atoms with Crippen LogP contribution in [0.25, 0.3) is 0 Å². The van der Waals surface area contributed by atoms with Gasteiger partial charge in [0.2, 0.25) is 0 Å². The first-order valence-corrected chi connectivity index (χ1v) is 11.4. The summed E-state index contributed by atoms with van der Waals surface area (Å²) in [5.41, 5.74) is 6.13. The molecule has 2 aromatic carbocycles. The third kappa shape index (κ3) is 4.56. The zero-order valence-electron chi connectivity index (χ0n) is 18.0. The Labute approximate surface area is 175 Å². The van der Waals surface area contributed by atoms with Crippen LogP contribution in [0.3, 0.4) is 0 Å². The molecule has 0 radical (unpaired) electrons. The Morgan fingerprint density at radius 1 is 1.00 bits per heavy atom. The molecule has 1 aliphatic heterocycles. The highest BCUT2D eigenvalue weighted by molar-refractivity contribution is 5.78. The smallest absolute Gasteiger partial charge is 0.150 e. The van der Waals surface area contributed by atoms with Gasteiger partial charge >= 0.3 is 0 Å². The van der Waals surface area contributed by atoms with E-state index in [0.29, 0.717) is 6.04 Å². The van der Waals surface area contributed by atoms with Gasteiger partial charge in [-0.05, 0) is 61.9 Å². The van der Waals surface area contributed by atoms with Crippen molar-refractivity contribution in [2.24, 2.45) is 0 Å². The summed E-state index contributed by atoms with van der Waals surface area (Å²) in [6, 6.07) is 16.3. The number of piperazine rings is 1. The van der Waals surface area contributed by atoms with Crippen molar-refractivity contribution in [1.29, 1.82) is 0 Å². The summed E-state index contributed by atoms with van der Waals surface area (Å²) in [5, 5.41) is 0. The van der Waals surface area contributed by atoms with Crippen LogP contribution in [0, 0.1) is 6.92 Å². The fraction of sp³-hybridized carbons (Fsp3) is 0.500. The van der Waals surface area contributed by atoms with E-state index >= 15 is 0 Å². The van der Waals surface area contributed by atoms with E-state index in [2.05, 4.69) is 48.2 Å².